The van der Waals surface area contributed by atoms with Crippen molar-refractivity contribution in [2.45, 2.75) is 38.9 Å². The summed E-state index contributed by atoms with van der Waals surface area (Å²) in [5.41, 5.74) is 0. The van der Waals surface area contributed by atoms with Gasteiger partial charge in [-0.05, 0) is 13.3 Å². The Hall–Kier alpha value is -1.30. The second-order valence-electron chi connectivity index (χ2n) is 4.26. The van der Waals surface area contributed by atoms with E-state index in [1.54, 1.807) is 4.90 Å². The van der Waals surface area contributed by atoms with Gasteiger partial charge < -0.3 is 20.1 Å². The summed E-state index contributed by atoms with van der Waals surface area (Å²) >= 11 is 0. The molecule has 0 aromatic heterocycles. The van der Waals surface area contributed by atoms with Crippen molar-refractivity contribution in [1.29, 1.82) is 0 Å². The van der Waals surface area contributed by atoms with E-state index in [1.807, 2.05) is 13.8 Å². The molecule has 0 radical (unpaired) electrons. The fourth-order valence-electron chi connectivity index (χ4n) is 1.82. The van der Waals surface area contributed by atoms with Crippen LogP contribution in [0.1, 0.15) is 26.7 Å². The minimum atomic E-state index is -0.910. The van der Waals surface area contributed by atoms with Gasteiger partial charge in [0, 0.05) is 19.6 Å². The lowest BCUT2D eigenvalue weighted by atomic mass is 10.2. The number of hydrogen-bond donors (Lipinski definition) is 2. The average molecular weight is 244 g/mol. The summed E-state index contributed by atoms with van der Waals surface area (Å²) in [5.74, 6) is -0.910. The second-order valence-corrected chi connectivity index (χ2v) is 4.26. The zero-order valence-electron chi connectivity index (χ0n) is 10.3. The van der Waals surface area contributed by atoms with Crippen LogP contribution in [0.4, 0.5) is 4.79 Å². The number of morpholine rings is 1. The van der Waals surface area contributed by atoms with E-state index in [1.165, 1.54) is 0 Å². The molecule has 0 spiro atoms. The normalized spacial score (nSPS) is 24.5. The number of carbonyl (C=O) groups excluding carboxylic acids is 1. The first kappa shape index (κ1) is 13.8. The van der Waals surface area contributed by atoms with Gasteiger partial charge in [-0.25, -0.2) is 4.79 Å². The van der Waals surface area contributed by atoms with Crippen molar-refractivity contribution in [1.82, 2.24) is 10.2 Å². The number of amides is 2. The standard InChI is InChI=1S/C11H20N2O4/c1-3-9-7-13(6-8(2)17-9)11(16)12-5-4-10(14)15/h8-9H,3-7H2,1-2H3,(H,12,16)(H,14,15). The number of carboxylic acid groups (broad SMARTS) is 1. The number of nitrogens with one attached hydrogen (secondary N) is 1. The Morgan fingerprint density at radius 2 is 2.18 bits per heavy atom. The lowest BCUT2D eigenvalue weighted by Crippen LogP contribution is -2.52. The minimum absolute atomic E-state index is 0.0268. The van der Waals surface area contributed by atoms with Gasteiger partial charge in [0.2, 0.25) is 0 Å². The highest BCUT2D eigenvalue weighted by Gasteiger charge is 2.27. The fourth-order valence-corrected chi connectivity index (χ4v) is 1.82. The van der Waals surface area contributed by atoms with Crippen molar-refractivity contribution in [3.05, 3.63) is 0 Å². The van der Waals surface area contributed by atoms with Gasteiger partial charge in [0.25, 0.3) is 0 Å². The highest BCUT2D eigenvalue weighted by Crippen LogP contribution is 2.13. The summed E-state index contributed by atoms with van der Waals surface area (Å²) in [7, 11) is 0. The first-order valence-corrected chi connectivity index (χ1v) is 5.93. The lowest BCUT2D eigenvalue weighted by Gasteiger charge is -2.36. The predicted octanol–water partition coefficient (Wildman–Crippen LogP) is 0.670. The molecule has 1 aliphatic rings. The molecule has 0 bridgehead atoms. The molecule has 6 nitrogen and oxygen atoms in total. The molecule has 1 saturated heterocycles. The highest BCUT2D eigenvalue weighted by molar-refractivity contribution is 5.75. The van der Waals surface area contributed by atoms with Crippen LogP contribution in [-0.4, -0.2) is 53.8 Å². The summed E-state index contributed by atoms with van der Waals surface area (Å²) in [6.07, 6.45) is 0.911. The van der Waals surface area contributed by atoms with E-state index in [9.17, 15) is 9.59 Å². The Morgan fingerprint density at radius 3 is 2.76 bits per heavy atom. The van der Waals surface area contributed by atoms with Gasteiger partial charge in [0.15, 0.2) is 0 Å². The van der Waals surface area contributed by atoms with Crippen LogP contribution in [0.2, 0.25) is 0 Å². The molecular weight excluding hydrogens is 224 g/mol. The summed E-state index contributed by atoms with van der Waals surface area (Å²) < 4.78 is 5.64. The Labute approximate surface area is 101 Å². The van der Waals surface area contributed by atoms with Gasteiger partial charge in [0.1, 0.15) is 0 Å². The maximum atomic E-state index is 11.8. The maximum Gasteiger partial charge on any atom is 0.317 e. The molecule has 2 N–H and O–H groups in total. The van der Waals surface area contributed by atoms with E-state index in [4.69, 9.17) is 9.84 Å². The van der Waals surface area contributed by atoms with Crippen LogP contribution < -0.4 is 5.32 Å². The zero-order chi connectivity index (χ0) is 12.8. The largest absolute Gasteiger partial charge is 0.481 e. The molecule has 1 heterocycles. The van der Waals surface area contributed by atoms with Gasteiger partial charge in [-0.3, -0.25) is 4.79 Å². The smallest absolute Gasteiger partial charge is 0.317 e. The van der Waals surface area contributed by atoms with Crippen molar-refractivity contribution in [3.8, 4) is 0 Å². The number of nitrogens with zero attached hydrogens (tertiary/aromatic N) is 1. The van der Waals surface area contributed by atoms with Crippen LogP contribution in [0, 0.1) is 0 Å². The molecule has 6 heteroatoms. The molecule has 0 aromatic rings. The van der Waals surface area contributed by atoms with Crippen molar-refractivity contribution in [2.75, 3.05) is 19.6 Å². The van der Waals surface area contributed by atoms with E-state index < -0.39 is 5.97 Å². The molecule has 1 aliphatic heterocycles. The molecular formula is C11H20N2O4. The number of carboxylic acids is 1. The van der Waals surface area contributed by atoms with Crippen LogP contribution in [0.5, 0.6) is 0 Å². The number of rotatable bonds is 4. The Balaban J connectivity index is 2.37. The molecule has 1 rings (SSSR count). The fraction of sp³-hybridized carbons (Fsp3) is 0.818. The van der Waals surface area contributed by atoms with E-state index in [-0.39, 0.29) is 31.2 Å². The van der Waals surface area contributed by atoms with Crippen molar-refractivity contribution >= 4 is 12.0 Å². The summed E-state index contributed by atoms with van der Waals surface area (Å²) in [4.78, 5) is 23.8. The number of ether oxygens (including phenoxy) is 1. The van der Waals surface area contributed by atoms with Gasteiger partial charge in [-0.15, -0.1) is 0 Å². The molecule has 0 aliphatic carbocycles. The zero-order valence-corrected chi connectivity index (χ0v) is 10.3. The second kappa shape index (κ2) is 6.44. The van der Waals surface area contributed by atoms with Crippen molar-refractivity contribution < 1.29 is 19.4 Å². The first-order valence-electron chi connectivity index (χ1n) is 5.93. The SMILES string of the molecule is CCC1CN(C(=O)NCCC(=O)O)CC(C)O1. The van der Waals surface area contributed by atoms with Crippen molar-refractivity contribution in [2.24, 2.45) is 0 Å². The summed E-state index contributed by atoms with van der Waals surface area (Å²) in [6, 6.07) is -0.208. The Morgan fingerprint density at radius 1 is 1.47 bits per heavy atom. The predicted molar refractivity (Wildman–Crippen MR) is 61.9 cm³/mol. The van der Waals surface area contributed by atoms with Crippen LogP contribution in [0.25, 0.3) is 0 Å². The van der Waals surface area contributed by atoms with Gasteiger partial charge in [0.05, 0.1) is 18.6 Å². The highest BCUT2D eigenvalue weighted by atomic mass is 16.5. The topological polar surface area (TPSA) is 78.9 Å². The summed E-state index contributed by atoms with van der Waals surface area (Å²) in [5, 5.41) is 11.1. The Bertz CT molecular complexity index is 283. The molecule has 1 fully saturated rings. The van der Waals surface area contributed by atoms with E-state index in [0.29, 0.717) is 13.1 Å². The average Bonchev–Trinajstić information content (AvgIpc) is 2.27. The molecule has 2 amide bonds. The van der Waals surface area contributed by atoms with Crippen LogP contribution in [0.3, 0.4) is 0 Å². The van der Waals surface area contributed by atoms with Crippen molar-refractivity contribution in [3.63, 3.8) is 0 Å². The molecule has 2 atom stereocenters. The van der Waals surface area contributed by atoms with Crippen LogP contribution in [-0.2, 0) is 9.53 Å². The quantitative estimate of drug-likeness (QED) is 0.762. The third-order valence-corrected chi connectivity index (χ3v) is 2.68. The molecule has 0 saturated carbocycles. The monoisotopic (exact) mass is 244 g/mol. The number of hydrogen-bond acceptors (Lipinski definition) is 3. The van der Waals surface area contributed by atoms with Gasteiger partial charge in [-0.2, -0.15) is 0 Å². The van der Waals surface area contributed by atoms with Gasteiger partial charge in [-0.1, -0.05) is 6.92 Å². The molecule has 0 aromatic carbocycles. The van der Waals surface area contributed by atoms with Crippen LogP contribution >= 0.6 is 0 Å². The molecule has 17 heavy (non-hydrogen) atoms. The Kier molecular flexibility index (Phi) is 5.21. The third-order valence-electron chi connectivity index (χ3n) is 2.68. The maximum absolute atomic E-state index is 11.8. The van der Waals surface area contributed by atoms with E-state index in [0.717, 1.165) is 6.42 Å². The minimum Gasteiger partial charge on any atom is -0.481 e. The summed E-state index contributed by atoms with van der Waals surface area (Å²) in [6.45, 7) is 5.23. The molecule has 2 unspecified atom stereocenters. The van der Waals surface area contributed by atoms with Gasteiger partial charge >= 0.3 is 12.0 Å². The lowest BCUT2D eigenvalue weighted by molar-refractivity contribution is -0.136. The third kappa shape index (κ3) is 4.60. The number of aliphatic carboxylic acids is 1. The first-order chi connectivity index (χ1) is 8.02. The number of carbonyl (C=O) groups is 2. The molecule has 98 valence electrons. The van der Waals surface area contributed by atoms with E-state index >= 15 is 0 Å². The van der Waals surface area contributed by atoms with Crippen LogP contribution in [0.15, 0.2) is 0 Å². The number of urea groups is 1. The van der Waals surface area contributed by atoms with E-state index in [2.05, 4.69) is 5.32 Å².